The van der Waals surface area contributed by atoms with Gasteiger partial charge in [0.1, 0.15) is 0 Å². The van der Waals surface area contributed by atoms with Crippen LogP contribution < -0.4 is 5.32 Å². The number of likely N-dealkylation sites (N-methyl/N-ethyl adjacent to an activating group) is 1. The predicted octanol–water partition coefficient (Wildman–Crippen LogP) is 4.03. The third kappa shape index (κ3) is 3.45. The zero-order chi connectivity index (χ0) is 14.7. The second-order valence-electron chi connectivity index (χ2n) is 6.18. The molecule has 0 aromatic heterocycles. The molecule has 1 unspecified atom stereocenters. The molecule has 0 saturated heterocycles. The summed E-state index contributed by atoms with van der Waals surface area (Å²) in [5, 5.41) is 3.50. The van der Waals surface area contributed by atoms with E-state index in [2.05, 4.69) is 72.7 Å². The lowest BCUT2D eigenvalue weighted by molar-refractivity contribution is 0.297. The highest BCUT2D eigenvalue weighted by Gasteiger charge is 2.20. The van der Waals surface area contributed by atoms with E-state index < -0.39 is 0 Å². The SMILES string of the molecule is Cc1ccc(CN(C)CC2CCNc3ccccc32)cc1. The van der Waals surface area contributed by atoms with E-state index in [-0.39, 0.29) is 0 Å². The van der Waals surface area contributed by atoms with Gasteiger partial charge in [-0.25, -0.2) is 0 Å². The molecule has 2 aromatic rings. The van der Waals surface area contributed by atoms with Gasteiger partial charge >= 0.3 is 0 Å². The van der Waals surface area contributed by atoms with Crippen molar-refractivity contribution >= 4 is 5.69 Å². The lowest BCUT2D eigenvalue weighted by Crippen LogP contribution is -2.28. The Hall–Kier alpha value is -1.80. The third-order valence-corrected chi connectivity index (χ3v) is 4.31. The maximum absolute atomic E-state index is 3.50. The number of nitrogens with zero attached hydrogens (tertiary/aromatic N) is 1. The first-order chi connectivity index (χ1) is 10.2. The Balaban J connectivity index is 1.65. The van der Waals surface area contributed by atoms with E-state index in [4.69, 9.17) is 0 Å². The molecule has 0 radical (unpaired) electrons. The molecule has 1 N–H and O–H groups in total. The van der Waals surface area contributed by atoms with Crippen LogP contribution in [-0.4, -0.2) is 25.0 Å². The van der Waals surface area contributed by atoms with Crippen LogP contribution in [0, 0.1) is 6.92 Å². The van der Waals surface area contributed by atoms with E-state index >= 15 is 0 Å². The first-order valence-electron chi connectivity index (χ1n) is 7.79. The summed E-state index contributed by atoms with van der Waals surface area (Å²) in [6, 6.07) is 17.6. The van der Waals surface area contributed by atoms with Gasteiger partial charge in [-0.1, -0.05) is 48.0 Å². The summed E-state index contributed by atoms with van der Waals surface area (Å²) in [6.45, 7) is 5.36. The van der Waals surface area contributed by atoms with Gasteiger partial charge in [-0.3, -0.25) is 0 Å². The summed E-state index contributed by atoms with van der Waals surface area (Å²) >= 11 is 0. The van der Waals surface area contributed by atoms with Gasteiger partial charge < -0.3 is 10.2 Å². The lowest BCUT2D eigenvalue weighted by Gasteiger charge is -2.30. The van der Waals surface area contributed by atoms with Gasteiger partial charge in [0.2, 0.25) is 0 Å². The molecule has 1 heterocycles. The van der Waals surface area contributed by atoms with E-state index in [0.717, 1.165) is 19.6 Å². The molecule has 0 amide bonds. The summed E-state index contributed by atoms with van der Waals surface area (Å²) in [4.78, 5) is 2.44. The normalized spacial score (nSPS) is 17.4. The van der Waals surface area contributed by atoms with Crippen molar-refractivity contribution in [2.24, 2.45) is 0 Å². The van der Waals surface area contributed by atoms with Crippen LogP contribution in [0.25, 0.3) is 0 Å². The molecule has 1 aliphatic heterocycles. The fourth-order valence-electron chi connectivity index (χ4n) is 3.19. The van der Waals surface area contributed by atoms with Crippen LogP contribution >= 0.6 is 0 Å². The number of aryl methyl sites for hydroxylation is 1. The molecule has 2 aromatic carbocycles. The Kier molecular flexibility index (Phi) is 4.26. The largest absolute Gasteiger partial charge is 0.385 e. The molecular formula is C19H24N2. The average Bonchev–Trinajstić information content (AvgIpc) is 2.50. The van der Waals surface area contributed by atoms with Crippen molar-refractivity contribution in [3.05, 3.63) is 65.2 Å². The molecule has 0 saturated carbocycles. The summed E-state index contributed by atoms with van der Waals surface area (Å²) < 4.78 is 0. The third-order valence-electron chi connectivity index (χ3n) is 4.31. The second-order valence-corrected chi connectivity index (χ2v) is 6.18. The smallest absolute Gasteiger partial charge is 0.0376 e. The average molecular weight is 280 g/mol. The molecule has 1 aliphatic rings. The van der Waals surface area contributed by atoms with E-state index in [0.29, 0.717) is 5.92 Å². The molecule has 0 aliphatic carbocycles. The van der Waals surface area contributed by atoms with Gasteiger partial charge in [0.15, 0.2) is 0 Å². The van der Waals surface area contributed by atoms with Crippen LogP contribution in [0.15, 0.2) is 48.5 Å². The van der Waals surface area contributed by atoms with Crippen molar-refractivity contribution in [1.29, 1.82) is 0 Å². The Morgan fingerprint density at radius 3 is 2.67 bits per heavy atom. The minimum Gasteiger partial charge on any atom is -0.385 e. The Morgan fingerprint density at radius 1 is 1.10 bits per heavy atom. The maximum atomic E-state index is 3.50. The van der Waals surface area contributed by atoms with Gasteiger partial charge in [0.25, 0.3) is 0 Å². The van der Waals surface area contributed by atoms with Crippen LogP contribution in [-0.2, 0) is 6.54 Å². The fraction of sp³-hybridized carbons (Fsp3) is 0.368. The van der Waals surface area contributed by atoms with Crippen molar-refractivity contribution in [1.82, 2.24) is 4.90 Å². The van der Waals surface area contributed by atoms with E-state index in [9.17, 15) is 0 Å². The molecule has 0 spiro atoms. The topological polar surface area (TPSA) is 15.3 Å². The van der Waals surface area contributed by atoms with Gasteiger partial charge in [0, 0.05) is 31.2 Å². The maximum Gasteiger partial charge on any atom is 0.0376 e. The summed E-state index contributed by atoms with van der Waals surface area (Å²) in [6.07, 6.45) is 1.22. The number of benzene rings is 2. The minimum absolute atomic E-state index is 0.637. The lowest BCUT2D eigenvalue weighted by atomic mass is 9.90. The highest BCUT2D eigenvalue weighted by molar-refractivity contribution is 5.54. The molecule has 2 heteroatoms. The first kappa shape index (κ1) is 14.2. The number of nitrogens with one attached hydrogen (secondary N) is 1. The summed E-state index contributed by atoms with van der Waals surface area (Å²) in [7, 11) is 2.23. The van der Waals surface area contributed by atoms with Crippen molar-refractivity contribution in [2.45, 2.75) is 25.8 Å². The molecule has 0 fully saturated rings. The molecule has 110 valence electrons. The van der Waals surface area contributed by atoms with Gasteiger partial charge in [-0.2, -0.15) is 0 Å². The standard InChI is InChI=1S/C19H24N2/c1-15-7-9-16(10-8-15)13-21(2)14-17-11-12-20-19-6-4-3-5-18(17)19/h3-10,17,20H,11-14H2,1-2H3. The molecule has 2 nitrogen and oxygen atoms in total. The number of rotatable bonds is 4. The van der Waals surface area contributed by atoms with Crippen LogP contribution in [0.3, 0.4) is 0 Å². The Labute approximate surface area is 127 Å². The molecule has 3 rings (SSSR count). The van der Waals surface area contributed by atoms with Crippen molar-refractivity contribution in [2.75, 3.05) is 25.5 Å². The van der Waals surface area contributed by atoms with Crippen LogP contribution in [0.4, 0.5) is 5.69 Å². The number of anilines is 1. The summed E-state index contributed by atoms with van der Waals surface area (Å²) in [5.74, 6) is 0.637. The van der Waals surface area contributed by atoms with E-state index in [1.807, 2.05) is 0 Å². The second kappa shape index (κ2) is 6.31. The van der Waals surface area contributed by atoms with Gasteiger partial charge in [-0.05, 0) is 37.6 Å². The van der Waals surface area contributed by atoms with E-state index in [1.165, 1.54) is 28.8 Å². The molecule has 1 atom stereocenters. The van der Waals surface area contributed by atoms with Crippen LogP contribution in [0.5, 0.6) is 0 Å². The predicted molar refractivity (Wildman–Crippen MR) is 89.8 cm³/mol. The molecular weight excluding hydrogens is 256 g/mol. The van der Waals surface area contributed by atoms with Crippen molar-refractivity contribution < 1.29 is 0 Å². The highest BCUT2D eigenvalue weighted by atomic mass is 15.1. The zero-order valence-electron chi connectivity index (χ0n) is 13.0. The number of hydrogen-bond acceptors (Lipinski definition) is 2. The Bertz CT molecular complexity index is 589. The Morgan fingerprint density at radius 2 is 1.86 bits per heavy atom. The highest BCUT2D eigenvalue weighted by Crippen LogP contribution is 2.31. The monoisotopic (exact) mass is 280 g/mol. The fourth-order valence-corrected chi connectivity index (χ4v) is 3.19. The number of para-hydroxylation sites is 1. The zero-order valence-corrected chi connectivity index (χ0v) is 13.0. The minimum atomic E-state index is 0.637. The summed E-state index contributed by atoms with van der Waals surface area (Å²) in [5.41, 5.74) is 5.51. The van der Waals surface area contributed by atoms with Crippen molar-refractivity contribution in [3.63, 3.8) is 0 Å². The van der Waals surface area contributed by atoms with Crippen molar-refractivity contribution in [3.8, 4) is 0 Å². The van der Waals surface area contributed by atoms with Gasteiger partial charge in [-0.15, -0.1) is 0 Å². The molecule has 0 bridgehead atoms. The van der Waals surface area contributed by atoms with Crippen LogP contribution in [0.1, 0.15) is 29.0 Å². The number of fused-ring (bicyclic) bond motifs is 1. The van der Waals surface area contributed by atoms with Crippen LogP contribution in [0.2, 0.25) is 0 Å². The van der Waals surface area contributed by atoms with E-state index in [1.54, 1.807) is 0 Å². The quantitative estimate of drug-likeness (QED) is 0.909. The molecule has 21 heavy (non-hydrogen) atoms. The number of hydrogen-bond donors (Lipinski definition) is 1. The van der Waals surface area contributed by atoms with Gasteiger partial charge in [0.05, 0.1) is 0 Å². The first-order valence-corrected chi connectivity index (χ1v) is 7.79.